The fourth-order valence-corrected chi connectivity index (χ4v) is 10.7. The lowest BCUT2D eigenvalue weighted by Gasteiger charge is -2.32. The Morgan fingerprint density at radius 3 is 1.58 bits per heavy atom. The number of anilines is 3. The topological polar surface area (TPSA) is 3.24 Å². The summed E-state index contributed by atoms with van der Waals surface area (Å²) in [6.45, 7) is 4.74. The van der Waals surface area contributed by atoms with Gasteiger partial charge >= 0.3 is 0 Å². The number of hydrogen-bond acceptors (Lipinski definition) is 1. The summed E-state index contributed by atoms with van der Waals surface area (Å²) in [7, 11) is 0. The van der Waals surface area contributed by atoms with Gasteiger partial charge in [-0.2, -0.15) is 0 Å². The molecule has 0 aromatic heterocycles. The smallest absolute Gasteiger partial charge is 0.0726 e. The molecule has 1 atom stereocenters. The molecule has 1 spiro atoms. The van der Waals surface area contributed by atoms with Crippen molar-refractivity contribution in [3.8, 4) is 44.5 Å². The van der Waals surface area contributed by atoms with Gasteiger partial charge in [-0.05, 0) is 125 Å². The first-order valence-corrected chi connectivity index (χ1v) is 20.1. The van der Waals surface area contributed by atoms with Crippen LogP contribution < -0.4 is 4.90 Å². The van der Waals surface area contributed by atoms with Crippen LogP contribution in [-0.4, -0.2) is 0 Å². The van der Waals surface area contributed by atoms with E-state index in [2.05, 4.69) is 219 Å². The minimum absolute atomic E-state index is 0.117. The molecule has 0 amide bonds. The van der Waals surface area contributed by atoms with Crippen molar-refractivity contribution in [3.63, 3.8) is 0 Å². The maximum atomic E-state index is 2.51. The van der Waals surface area contributed by atoms with E-state index in [-0.39, 0.29) is 5.41 Å². The molecule has 0 saturated heterocycles. The van der Waals surface area contributed by atoms with Crippen LogP contribution in [0, 0.1) is 0 Å². The molecule has 3 aliphatic carbocycles. The second-order valence-electron chi connectivity index (χ2n) is 16.4. The Hall–Kier alpha value is -6.96. The SMILES string of the molecule is CC1(C)c2ccccc2-c2ccc(N(c3ccc(-c4ccccc4)cc3)c3ccc4c(c3)C3(c5ccccc5-4)c4ccccc4-c4c3ccc3ccccc43)cc21. The van der Waals surface area contributed by atoms with Crippen LogP contribution in [0.5, 0.6) is 0 Å². The van der Waals surface area contributed by atoms with Crippen LogP contribution in [0.2, 0.25) is 0 Å². The minimum atomic E-state index is -0.456. The summed E-state index contributed by atoms with van der Waals surface area (Å²) >= 11 is 0. The van der Waals surface area contributed by atoms with Gasteiger partial charge in [-0.3, -0.25) is 0 Å². The van der Waals surface area contributed by atoms with Crippen molar-refractivity contribution >= 4 is 27.8 Å². The number of rotatable bonds is 4. The molecule has 0 heterocycles. The van der Waals surface area contributed by atoms with Crippen LogP contribution in [0.1, 0.15) is 47.2 Å². The Labute approximate surface area is 334 Å². The van der Waals surface area contributed by atoms with Crippen molar-refractivity contribution in [1.29, 1.82) is 0 Å². The van der Waals surface area contributed by atoms with Crippen molar-refractivity contribution in [1.82, 2.24) is 0 Å². The molecule has 57 heavy (non-hydrogen) atoms. The highest BCUT2D eigenvalue weighted by atomic mass is 15.1. The molecule has 9 aromatic carbocycles. The first kappa shape index (κ1) is 32.3. The summed E-state index contributed by atoms with van der Waals surface area (Å²) in [4.78, 5) is 2.48. The summed E-state index contributed by atoms with van der Waals surface area (Å²) in [6.07, 6.45) is 0. The number of nitrogens with zero attached hydrogens (tertiary/aromatic N) is 1. The van der Waals surface area contributed by atoms with E-state index >= 15 is 0 Å². The van der Waals surface area contributed by atoms with Gasteiger partial charge in [-0.1, -0.05) is 178 Å². The summed E-state index contributed by atoms with van der Waals surface area (Å²) in [5.41, 5.74) is 21.4. The maximum absolute atomic E-state index is 2.51. The van der Waals surface area contributed by atoms with E-state index in [1.54, 1.807) is 0 Å². The van der Waals surface area contributed by atoms with E-state index in [1.165, 1.54) is 88.7 Å². The largest absolute Gasteiger partial charge is 0.310 e. The van der Waals surface area contributed by atoms with Crippen molar-refractivity contribution in [3.05, 3.63) is 234 Å². The molecular formula is C56H39N. The van der Waals surface area contributed by atoms with E-state index in [9.17, 15) is 0 Å². The molecule has 1 unspecified atom stereocenters. The zero-order valence-electron chi connectivity index (χ0n) is 32.0. The zero-order valence-corrected chi connectivity index (χ0v) is 32.0. The Balaban J connectivity index is 1.11. The quantitative estimate of drug-likeness (QED) is 0.175. The van der Waals surface area contributed by atoms with E-state index in [1.807, 2.05) is 0 Å². The lowest BCUT2D eigenvalue weighted by molar-refractivity contribution is 0.660. The molecule has 12 rings (SSSR count). The van der Waals surface area contributed by atoms with Gasteiger partial charge in [0.1, 0.15) is 0 Å². The first-order valence-electron chi connectivity index (χ1n) is 20.1. The summed E-state index contributed by atoms with van der Waals surface area (Å²) in [5, 5.41) is 2.58. The molecule has 9 aromatic rings. The molecule has 0 aliphatic heterocycles. The highest BCUT2D eigenvalue weighted by molar-refractivity contribution is 6.06. The average Bonchev–Trinajstić information content (AvgIpc) is 3.83. The Bertz CT molecular complexity index is 3100. The number of hydrogen-bond donors (Lipinski definition) is 0. The van der Waals surface area contributed by atoms with Gasteiger partial charge in [-0.25, -0.2) is 0 Å². The molecular weight excluding hydrogens is 687 g/mol. The van der Waals surface area contributed by atoms with Crippen LogP contribution >= 0.6 is 0 Å². The fraction of sp³-hybridized carbons (Fsp3) is 0.0714. The number of benzene rings is 9. The van der Waals surface area contributed by atoms with Crippen molar-refractivity contribution in [2.24, 2.45) is 0 Å². The zero-order chi connectivity index (χ0) is 37.9. The fourth-order valence-electron chi connectivity index (χ4n) is 10.7. The van der Waals surface area contributed by atoms with Gasteiger partial charge in [0.05, 0.1) is 5.41 Å². The molecule has 1 nitrogen and oxygen atoms in total. The lowest BCUT2D eigenvalue weighted by atomic mass is 9.70. The monoisotopic (exact) mass is 725 g/mol. The lowest BCUT2D eigenvalue weighted by Crippen LogP contribution is -2.26. The van der Waals surface area contributed by atoms with E-state index in [0.29, 0.717) is 0 Å². The van der Waals surface area contributed by atoms with E-state index in [4.69, 9.17) is 0 Å². The predicted octanol–water partition coefficient (Wildman–Crippen LogP) is 14.6. The highest BCUT2D eigenvalue weighted by Gasteiger charge is 2.52. The Morgan fingerprint density at radius 2 is 0.842 bits per heavy atom. The standard InChI is InChI=1S/C56H39N/c1-55(2)48-21-11-8-18-43(48)45-31-29-40(34-52(45)55)57(39-27-24-37(25-28-39)36-14-4-3-5-15-36)41-30-32-46-44-19-9-12-22-49(44)56(53(46)35-41)50-23-13-10-20-47(50)54-42-17-7-6-16-38(42)26-33-51(54)56/h3-35H,1-2H3. The van der Waals surface area contributed by atoms with Gasteiger partial charge in [0, 0.05) is 22.5 Å². The summed E-state index contributed by atoms with van der Waals surface area (Å²) in [5.74, 6) is 0. The molecule has 0 fully saturated rings. The molecule has 0 radical (unpaired) electrons. The summed E-state index contributed by atoms with van der Waals surface area (Å²) < 4.78 is 0. The van der Waals surface area contributed by atoms with Crippen molar-refractivity contribution in [2.75, 3.05) is 4.90 Å². The third-order valence-electron chi connectivity index (χ3n) is 13.3. The second kappa shape index (κ2) is 11.8. The van der Waals surface area contributed by atoms with Gasteiger partial charge < -0.3 is 4.90 Å². The van der Waals surface area contributed by atoms with Crippen LogP contribution in [0.4, 0.5) is 17.1 Å². The van der Waals surface area contributed by atoms with E-state index in [0.717, 1.165) is 17.1 Å². The van der Waals surface area contributed by atoms with Crippen LogP contribution in [0.3, 0.4) is 0 Å². The Kier molecular flexibility index (Phi) is 6.67. The predicted molar refractivity (Wildman–Crippen MR) is 238 cm³/mol. The van der Waals surface area contributed by atoms with Gasteiger partial charge in [-0.15, -0.1) is 0 Å². The number of fused-ring (bicyclic) bond motifs is 15. The van der Waals surface area contributed by atoms with Crippen molar-refractivity contribution < 1.29 is 0 Å². The van der Waals surface area contributed by atoms with Crippen LogP contribution in [0.25, 0.3) is 55.3 Å². The third-order valence-corrected chi connectivity index (χ3v) is 13.3. The highest BCUT2D eigenvalue weighted by Crippen LogP contribution is 2.64. The first-order chi connectivity index (χ1) is 28.0. The molecule has 3 aliphatic rings. The molecule has 268 valence electrons. The van der Waals surface area contributed by atoms with Gasteiger partial charge in [0.25, 0.3) is 0 Å². The molecule has 0 saturated carbocycles. The second-order valence-corrected chi connectivity index (χ2v) is 16.4. The summed E-state index contributed by atoms with van der Waals surface area (Å²) in [6, 6.07) is 75.0. The average molecular weight is 726 g/mol. The third kappa shape index (κ3) is 4.34. The normalized spacial score (nSPS) is 16.1. The molecule has 1 heteroatoms. The van der Waals surface area contributed by atoms with Crippen LogP contribution in [0.15, 0.2) is 200 Å². The van der Waals surface area contributed by atoms with Crippen LogP contribution in [-0.2, 0) is 10.8 Å². The van der Waals surface area contributed by atoms with Gasteiger partial charge in [0.2, 0.25) is 0 Å². The Morgan fingerprint density at radius 1 is 0.333 bits per heavy atom. The van der Waals surface area contributed by atoms with Crippen molar-refractivity contribution in [2.45, 2.75) is 24.7 Å². The van der Waals surface area contributed by atoms with E-state index < -0.39 is 5.41 Å². The minimum Gasteiger partial charge on any atom is -0.310 e. The maximum Gasteiger partial charge on any atom is 0.0726 e. The van der Waals surface area contributed by atoms with Gasteiger partial charge in [0.15, 0.2) is 0 Å². The molecule has 0 N–H and O–H groups in total. The molecule has 0 bridgehead atoms.